The molecule has 1 unspecified atom stereocenters. The molecule has 1 aromatic heterocycles. The number of piperidine rings is 1. The van der Waals surface area contributed by atoms with Gasteiger partial charge in [0.25, 0.3) is 5.56 Å². The molecule has 0 aliphatic carbocycles. The number of carbonyl (C=O) groups excluding carboxylic acids is 1. The molecule has 0 radical (unpaired) electrons. The molecule has 0 bridgehead atoms. The van der Waals surface area contributed by atoms with Crippen LogP contribution in [-0.2, 0) is 21.2 Å². The maximum absolute atomic E-state index is 12.8. The monoisotopic (exact) mass is 478 g/mol. The van der Waals surface area contributed by atoms with Crippen molar-refractivity contribution in [3.8, 4) is 0 Å². The second kappa shape index (κ2) is 10.6. The van der Waals surface area contributed by atoms with Crippen LogP contribution in [0.5, 0.6) is 0 Å². The summed E-state index contributed by atoms with van der Waals surface area (Å²) >= 11 is 1.37. The van der Waals surface area contributed by atoms with Crippen molar-refractivity contribution in [3.63, 3.8) is 0 Å². The Bertz CT molecular complexity index is 1110. The summed E-state index contributed by atoms with van der Waals surface area (Å²) in [6, 6.07) is 6.73. The van der Waals surface area contributed by atoms with Gasteiger partial charge in [-0.2, -0.15) is 0 Å². The second-order valence-corrected chi connectivity index (χ2v) is 10.7. The van der Waals surface area contributed by atoms with Crippen molar-refractivity contribution in [3.05, 3.63) is 51.4 Å². The first-order valence-corrected chi connectivity index (χ1v) is 13.4. The third-order valence-electron chi connectivity index (χ3n) is 5.75. The Morgan fingerprint density at radius 1 is 1.28 bits per heavy atom. The van der Waals surface area contributed by atoms with Crippen molar-refractivity contribution < 1.29 is 13.2 Å². The van der Waals surface area contributed by atoms with Gasteiger partial charge in [0.15, 0.2) is 5.16 Å². The van der Waals surface area contributed by atoms with Crippen LogP contribution in [0.25, 0.3) is 0 Å². The molecule has 3 rings (SSSR count). The van der Waals surface area contributed by atoms with E-state index < -0.39 is 10.0 Å². The topological polar surface area (TPSA) is 112 Å². The first-order valence-electron chi connectivity index (χ1n) is 10.7. The van der Waals surface area contributed by atoms with Crippen LogP contribution in [0, 0.1) is 19.8 Å². The first kappa shape index (κ1) is 24.5. The zero-order chi connectivity index (χ0) is 23.3. The molecule has 1 saturated heterocycles. The van der Waals surface area contributed by atoms with E-state index in [4.69, 9.17) is 0 Å². The highest BCUT2D eigenvalue weighted by Gasteiger charge is 2.25. The first-order chi connectivity index (χ1) is 15.2. The lowest BCUT2D eigenvalue weighted by Crippen LogP contribution is -2.43. The second-order valence-electron chi connectivity index (χ2n) is 8.15. The van der Waals surface area contributed by atoms with E-state index in [-0.39, 0.29) is 28.7 Å². The Balaban J connectivity index is 1.55. The summed E-state index contributed by atoms with van der Waals surface area (Å²) in [6.45, 7) is 5.14. The van der Waals surface area contributed by atoms with Crippen LogP contribution in [-0.4, -0.2) is 55.1 Å². The van der Waals surface area contributed by atoms with Gasteiger partial charge in [0.05, 0.1) is 4.90 Å². The van der Waals surface area contributed by atoms with Gasteiger partial charge in [0, 0.05) is 37.3 Å². The summed E-state index contributed by atoms with van der Waals surface area (Å²) in [7, 11) is -3.58. The number of H-pyrrole nitrogens is 1. The van der Waals surface area contributed by atoms with Gasteiger partial charge in [0.2, 0.25) is 15.9 Å². The van der Waals surface area contributed by atoms with E-state index in [0.717, 1.165) is 18.4 Å². The standard InChI is InChI=1S/C22H30N4O4S2/c1-15-6-8-18(9-7-15)32(29,30)23-13-17-5-4-12-26(14-17)20(27)11-10-19-16(2)24-22(31-3)25-21(19)28/h6-9,17,23H,4-5,10-14H2,1-3H3,(H,24,25,28). The molecule has 2 heterocycles. The Kier molecular flexibility index (Phi) is 8.13. The van der Waals surface area contributed by atoms with Gasteiger partial charge in [-0.05, 0) is 57.4 Å². The maximum atomic E-state index is 12.8. The SMILES string of the molecule is CSc1nc(C)c(CCC(=O)N2CCCC(CNS(=O)(=O)c3ccc(C)cc3)C2)c(=O)[nH]1. The van der Waals surface area contributed by atoms with Crippen LogP contribution >= 0.6 is 11.8 Å². The highest BCUT2D eigenvalue weighted by molar-refractivity contribution is 7.98. The minimum Gasteiger partial charge on any atom is -0.342 e. The molecule has 10 heteroatoms. The van der Waals surface area contributed by atoms with Gasteiger partial charge in [-0.1, -0.05) is 29.5 Å². The van der Waals surface area contributed by atoms with Crippen LogP contribution < -0.4 is 10.3 Å². The molecule has 1 aliphatic heterocycles. The van der Waals surface area contributed by atoms with Crippen molar-refractivity contribution in [2.75, 3.05) is 25.9 Å². The van der Waals surface area contributed by atoms with E-state index in [9.17, 15) is 18.0 Å². The van der Waals surface area contributed by atoms with Crippen LogP contribution in [0.4, 0.5) is 0 Å². The molecule has 32 heavy (non-hydrogen) atoms. The van der Waals surface area contributed by atoms with Crippen molar-refractivity contribution in [1.29, 1.82) is 0 Å². The Morgan fingerprint density at radius 3 is 2.66 bits per heavy atom. The summed E-state index contributed by atoms with van der Waals surface area (Å²) in [5, 5.41) is 0.564. The largest absolute Gasteiger partial charge is 0.342 e. The van der Waals surface area contributed by atoms with E-state index in [0.29, 0.717) is 42.5 Å². The number of carbonyl (C=O) groups is 1. The van der Waals surface area contributed by atoms with Gasteiger partial charge in [-0.25, -0.2) is 18.1 Å². The fraction of sp³-hybridized carbons (Fsp3) is 0.500. The van der Waals surface area contributed by atoms with Crippen molar-refractivity contribution in [2.24, 2.45) is 5.92 Å². The average molecular weight is 479 g/mol. The summed E-state index contributed by atoms with van der Waals surface area (Å²) in [5.74, 6) is 0.0319. The highest BCUT2D eigenvalue weighted by atomic mass is 32.2. The Hall–Kier alpha value is -2.17. The number of aryl methyl sites for hydroxylation is 2. The number of hydrogen-bond acceptors (Lipinski definition) is 6. The number of likely N-dealkylation sites (tertiary alicyclic amines) is 1. The smallest absolute Gasteiger partial charge is 0.254 e. The van der Waals surface area contributed by atoms with Crippen molar-refractivity contribution >= 4 is 27.7 Å². The van der Waals surface area contributed by atoms with E-state index in [1.54, 1.807) is 36.1 Å². The lowest BCUT2D eigenvalue weighted by molar-refractivity contribution is -0.132. The Morgan fingerprint density at radius 2 is 2.00 bits per heavy atom. The van der Waals surface area contributed by atoms with Crippen LogP contribution in [0.15, 0.2) is 39.1 Å². The number of nitrogens with one attached hydrogen (secondary N) is 2. The molecule has 1 aromatic carbocycles. The van der Waals surface area contributed by atoms with Gasteiger partial charge < -0.3 is 9.88 Å². The zero-order valence-electron chi connectivity index (χ0n) is 18.7. The molecule has 2 aromatic rings. The quantitative estimate of drug-likeness (QED) is 0.445. The summed E-state index contributed by atoms with van der Waals surface area (Å²) in [5.41, 5.74) is 1.98. The number of nitrogens with zero attached hydrogens (tertiary/aromatic N) is 2. The highest BCUT2D eigenvalue weighted by Crippen LogP contribution is 2.19. The normalized spacial score (nSPS) is 16.8. The molecule has 174 valence electrons. The number of aromatic nitrogens is 2. The maximum Gasteiger partial charge on any atom is 0.254 e. The van der Waals surface area contributed by atoms with E-state index in [2.05, 4.69) is 14.7 Å². The number of benzene rings is 1. The molecule has 1 amide bonds. The van der Waals surface area contributed by atoms with Crippen LogP contribution in [0.2, 0.25) is 0 Å². The predicted molar refractivity (Wildman–Crippen MR) is 125 cm³/mol. The Labute approximate surface area is 193 Å². The number of amides is 1. The van der Waals surface area contributed by atoms with Gasteiger partial charge >= 0.3 is 0 Å². The number of thioether (sulfide) groups is 1. The molecule has 1 aliphatic rings. The molecule has 0 spiro atoms. The molecule has 0 saturated carbocycles. The van der Waals surface area contributed by atoms with Crippen LogP contribution in [0.1, 0.15) is 36.1 Å². The summed E-state index contributed by atoms with van der Waals surface area (Å²) in [4.78, 5) is 34.1. The van der Waals surface area contributed by atoms with Crippen molar-refractivity contribution in [2.45, 2.75) is 49.6 Å². The third-order valence-corrected chi connectivity index (χ3v) is 7.77. The number of aromatic amines is 1. The fourth-order valence-electron chi connectivity index (χ4n) is 3.85. The molecule has 1 fully saturated rings. The average Bonchev–Trinajstić information content (AvgIpc) is 2.77. The third kappa shape index (κ3) is 6.20. The van der Waals surface area contributed by atoms with E-state index in [1.165, 1.54) is 11.8 Å². The summed E-state index contributed by atoms with van der Waals surface area (Å²) < 4.78 is 27.8. The number of rotatable bonds is 8. The lowest BCUT2D eigenvalue weighted by atomic mass is 9.97. The molecular weight excluding hydrogens is 448 g/mol. The van der Waals surface area contributed by atoms with Crippen LogP contribution in [0.3, 0.4) is 0 Å². The van der Waals surface area contributed by atoms with E-state index >= 15 is 0 Å². The van der Waals surface area contributed by atoms with Gasteiger partial charge in [-0.3, -0.25) is 9.59 Å². The number of sulfonamides is 1. The number of hydrogen-bond donors (Lipinski definition) is 2. The molecule has 8 nitrogen and oxygen atoms in total. The minimum atomic E-state index is -3.58. The van der Waals surface area contributed by atoms with E-state index in [1.807, 2.05) is 13.2 Å². The van der Waals surface area contributed by atoms with Gasteiger partial charge in [0.1, 0.15) is 0 Å². The molecular formula is C22H30N4O4S2. The fourth-order valence-corrected chi connectivity index (χ4v) is 5.39. The zero-order valence-corrected chi connectivity index (χ0v) is 20.3. The minimum absolute atomic E-state index is 0.0242. The summed E-state index contributed by atoms with van der Waals surface area (Å²) in [6.07, 6.45) is 4.09. The van der Waals surface area contributed by atoms with Crippen molar-refractivity contribution in [1.82, 2.24) is 19.6 Å². The predicted octanol–water partition coefficient (Wildman–Crippen LogP) is 2.26. The molecule has 2 N–H and O–H groups in total. The van der Waals surface area contributed by atoms with Gasteiger partial charge in [-0.15, -0.1) is 0 Å². The molecule has 1 atom stereocenters. The lowest BCUT2D eigenvalue weighted by Gasteiger charge is -2.33.